The van der Waals surface area contributed by atoms with Crippen LogP contribution in [0.2, 0.25) is 0 Å². The van der Waals surface area contributed by atoms with Gasteiger partial charge in [0, 0.05) is 30.4 Å². The van der Waals surface area contributed by atoms with E-state index in [0.717, 1.165) is 45.2 Å². The Bertz CT molecular complexity index is 414. The van der Waals surface area contributed by atoms with Crippen LogP contribution < -0.4 is 5.73 Å². The molecule has 0 aliphatic carbocycles. The number of rotatable bonds is 7. The molecule has 1 atom stereocenters. The highest BCUT2D eigenvalue weighted by Crippen LogP contribution is 2.20. The SMILES string of the molecule is CC(N)C1CCN(C(=O)CCCCCc2cccs2)CC1.Cl. The third-order valence-electron chi connectivity index (χ3n) is 4.53. The number of amides is 1. The number of halogens is 1. The Kier molecular flexibility index (Phi) is 9.06. The molecule has 1 fully saturated rings. The molecule has 2 rings (SSSR count). The van der Waals surface area contributed by atoms with Crippen molar-refractivity contribution in [2.45, 2.75) is 57.9 Å². The zero-order chi connectivity index (χ0) is 15.1. The first-order valence-electron chi connectivity index (χ1n) is 8.22. The van der Waals surface area contributed by atoms with Crippen molar-refractivity contribution >= 4 is 29.7 Å². The zero-order valence-corrected chi connectivity index (χ0v) is 15.1. The summed E-state index contributed by atoms with van der Waals surface area (Å²) in [5, 5.41) is 2.13. The number of aryl methyl sites for hydroxylation is 1. The standard InChI is InChI=1S/C17H28N2OS.ClH/c1-14(18)15-9-11-19(12-10-15)17(20)8-4-2-3-6-16-7-5-13-21-16;/h5,7,13-15H,2-4,6,8-12,18H2,1H3;1H. The first-order chi connectivity index (χ1) is 10.2. The first-order valence-corrected chi connectivity index (χ1v) is 9.10. The van der Waals surface area contributed by atoms with Gasteiger partial charge in [0.1, 0.15) is 0 Å². The van der Waals surface area contributed by atoms with Gasteiger partial charge >= 0.3 is 0 Å². The summed E-state index contributed by atoms with van der Waals surface area (Å²) in [5.41, 5.74) is 5.94. The van der Waals surface area contributed by atoms with Crippen molar-refractivity contribution in [3.8, 4) is 0 Å². The molecule has 0 aromatic carbocycles. The Labute approximate surface area is 144 Å². The molecule has 1 saturated heterocycles. The third kappa shape index (κ3) is 6.27. The molecule has 1 aromatic rings. The topological polar surface area (TPSA) is 46.3 Å². The molecule has 0 spiro atoms. The Morgan fingerprint density at radius 1 is 1.36 bits per heavy atom. The van der Waals surface area contributed by atoms with E-state index in [0.29, 0.717) is 18.2 Å². The predicted octanol–water partition coefficient (Wildman–Crippen LogP) is 3.86. The molecule has 2 N–H and O–H groups in total. The van der Waals surface area contributed by atoms with E-state index >= 15 is 0 Å². The summed E-state index contributed by atoms with van der Waals surface area (Å²) in [5.74, 6) is 0.939. The number of nitrogens with two attached hydrogens (primary N) is 1. The number of carbonyl (C=O) groups excluding carboxylic acids is 1. The van der Waals surface area contributed by atoms with Crippen LogP contribution in [-0.2, 0) is 11.2 Å². The van der Waals surface area contributed by atoms with E-state index in [2.05, 4.69) is 24.4 Å². The van der Waals surface area contributed by atoms with Gasteiger partial charge in [0.15, 0.2) is 0 Å². The lowest BCUT2D eigenvalue weighted by Gasteiger charge is -2.33. The Balaban J connectivity index is 0.00000242. The summed E-state index contributed by atoms with van der Waals surface area (Å²) in [4.78, 5) is 15.7. The van der Waals surface area contributed by atoms with Crippen molar-refractivity contribution in [3.05, 3.63) is 22.4 Å². The monoisotopic (exact) mass is 344 g/mol. The van der Waals surface area contributed by atoms with Crippen molar-refractivity contribution in [3.63, 3.8) is 0 Å². The van der Waals surface area contributed by atoms with Crippen LogP contribution in [0, 0.1) is 5.92 Å². The summed E-state index contributed by atoms with van der Waals surface area (Å²) in [7, 11) is 0. The lowest BCUT2D eigenvalue weighted by Crippen LogP contribution is -2.42. The number of likely N-dealkylation sites (tertiary alicyclic amines) is 1. The van der Waals surface area contributed by atoms with Gasteiger partial charge in [0.2, 0.25) is 5.91 Å². The van der Waals surface area contributed by atoms with Crippen LogP contribution in [0.5, 0.6) is 0 Å². The van der Waals surface area contributed by atoms with E-state index in [9.17, 15) is 4.79 Å². The molecule has 1 aliphatic heterocycles. The van der Waals surface area contributed by atoms with Gasteiger partial charge in [-0.25, -0.2) is 0 Å². The van der Waals surface area contributed by atoms with Gasteiger partial charge in [0.05, 0.1) is 0 Å². The number of piperidine rings is 1. The Morgan fingerprint density at radius 2 is 2.09 bits per heavy atom. The van der Waals surface area contributed by atoms with Crippen LogP contribution in [0.3, 0.4) is 0 Å². The molecular weight excluding hydrogens is 316 g/mol. The number of hydrogen-bond donors (Lipinski definition) is 1. The van der Waals surface area contributed by atoms with E-state index in [1.165, 1.54) is 11.3 Å². The Morgan fingerprint density at radius 3 is 2.68 bits per heavy atom. The molecule has 1 aliphatic rings. The molecule has 1 amide bonds. The quantitative estimate of drug-likeness (QED) is 0.763. The lowest BCUT2D eigenvalue weighted by atomic mass is 9.91. The number of unbranched alkanes of at least 4 members (excludes halogenated alkanes) is 2. The van der Waals surface area contributed by atoms with Crippen LogP contribution in [0.25, 0.3) is 0 Å². The van der Waals surface area contributed by atoms with E-state index in [1.54, 1.807) is 0 Å². The maximum atomic E-state index is 12.2. The molecule has 1 unspecified atom stereocenters. The molecule has 3 nitrogen and oxygen atoms in total. The van der Waals surface area contributed by atoms with Crippen molar-refractivity contribution in [2.75, 3.05) is 13.1 Å². The fourth-order valence-corrected chi connectivity index (χ4v) is 3.79. The molecule has 2 heterocycles. The minimum Gasteiger partial charge on any atom is -0.343 e. The van der Waals surface area contributed by atoms with E-state index in [-0.39, 0.29) is 18.4 Å². The second kappa shape index (κ2) is 10.2. The first kappa shape index (κ1) is 19.5. The van der Waals surface area contributed by atoms with Gasteiger partial charge in [0.25, 0.3) is 0 Å². The second-order valence-corrected chi connectivity index (χ2v) is 7.25. The lowest BCUT2D eigenvalue weighted by molar-refractivity contribution is -0.132. The Hall–Kier alpha value is -0.580. The van der Waals surface area contributed by atoms with Crippen molar-refractivity contribution in [1.29, 1.82) is 0 Å². The van der Waals surface area contributed by atoms with Crippen molar-refractivity contribution < 1.29 is 4.79 Å². The summed E-state index contributed by atoms with van der Waals surface area (Å²) in [6.45, 7) is 3.89. The molecule has 0 saturated carbocycles. The average molecular weight is 345 g/mol. The minimum atomic E-state index is 0. The van der Waals surface area contributed by atoms with Gasteiger partial charge < -0.3 is 10.6 Å². The average Bonchev–Trinajstić information content (AvgIpc) is 3.00. The van der Waals surface area contributed by atoms with E-state index in [1.807, 2.05) is 16.2 Å². The van der Waals surface area contributed by atoms with Crippen molar-refractivity contribution in [1.82, 2.24) is 4.90 Å². The van der Waals surface area contributed by atoms with Crippen LogP contribution >= 0.6 is 23.7 Å². The fourth-order valence-electron chi connectivity index (χ4n) is 3.04. The van der Waals surface area contributed by atoms with Gasteiger partial charge in [-0.1, -0.05) is 12.5 Å². The van der Waals surface area contributed by atoms with Gasteiger partial charge in [-0.15, -0.1) is 23.7 Å². The van der Waals surface area contributed by atoms with Crippen LogP contribution in [0.4, 0.5) is 0 Å². The smallest absolute Gasteiger partial charge is 0.222 e. The van der Waals surface area contributed by atoms with Crippen LogP contribution in [0.15, 0.2) is 17.5 Å². The maximum absolute atomic E-state index is 12.2. The molecular formula is C17H29ClN2OS. The van der Waals surface area contributed by atoms with E-state index < -0.39 is 0 Å². The minimum absolute atomic E-state index is 0. The summed E-state index contributed by atoms with van der Waals surface area (Å²) >= 11 is 1.83. The number of nitrogens with zero attached hydrogens (tertiary/aromatic N) is 1. The van der Waals surface area contributed by atoms with Crippen molar-refractivity contribution in [2.24, 2.45) is 11.7 Å². The van der Waals surface area contributed by atoms with E-state index in [4.69, 9.17) is 5.73 Å². The second-order valence-electron chi connectivity index (χ2n) is 6.22. The summed E-state index contributed by atoms with van der Waals surface area (Å²) < 4.78 is 0. The highest BCUT2D eigenvalue weighted by atomic mass is 35.5. The zero-order valence-electron chi connectivity index (χ0n) is 13.5. The largest absolute Gasteiger partial charge is 0.343 e. The molecule has 1 aromatic heterocycles. The number of thiophene rings is 1. The summed E-state index contributed by atoms with van der Waals surface area (Å²) in [6, 6.07) is 4.56. The van der Waals surface area contributed by atoms with Gasteiger partial charge in [-0.2, -0.15) is 0 Å². The summed E-state index contributed by atoms with van der Waals surface area (Å²) in [6.07, 6.45) is 7.39. The van der Waals surface area contributed by atoms with Crippen LogP contribution in [-0.4, -0.2) is 29.9 Å². The number of hydrogen-bond acceptors (Lipinski definition) is 3. The molecule has 22 heavy (non-hydrogen) atoms. The third-order valence-corrected chi connectivity index (χ3v) is 5.47. The maximum Gasteiger partial charge on any atom is 0.222 e. The molecule has 0 bridgehead atoms. The highest BCUT2D eigenvalue weighted by Gasteiger charge is 2.24. The normalized spacial score (nSPS) is 17.1. The number of carbonyl (C=O) groups is 1. The van der Waals surface area contributed by atoms with Crippen LogP contribution in [0.1, 0.15) is 50.3 Å². The van der Waals surface area contributed by atoms with Gasteiger partial charge in [-0.3, -0.25) is 4.79 Å². The molecule has 5 heteroatoms. The molecule has 126 valence electrons. The fraction of sp³-hybridized carbons (Fsp3) is 0.706. The predicted molar refractivity (Wildman–Crippen MR) is 96.7 cm³/mol. The molecule has 0 radical (unpaired) electrons. The highest BCUT2D eigenvalue weighted by molar-refractivity contribution is 7.09. The van der Waals surface area contributed by atoms with Gasteiger partial charge in [-0.05, 0) is 56.4 Å².